The summed E-state index contributed by atoms with van der Waals surface area (Å²) < 4.78 is 4.67. The first-order valence-electron chi connectivity index (χ1n) is 6.57. The number of rotatable bonds is 3. The minimum atomic E-state index is -0.540. The second-order valence-corrected chi connectivity index (χ2v) is 4.59. The molecule has 1 aromatic heterocycles. The minimum Gasteiger partial charge on any atom is -0.465 e. The third kappa shape index (κ3) is 3.78. The lowest BCUT2D eigenvalue weighted by molar-refractivity contribution is 0.0602. The van der Waals surface area contributed by atoms with Gasteiger partial charge in [-0.25, -0.2) is 19.6 Å². The number of carbonyl (C=O) groups is 2. The van der Waals surface area contributed by atoms with E-state index in [4.69, 9.17) is 0 Å². The van der Waals surface area contributed by atoms with Crippen LogP contribution in [-0.4, -0.2) is 29.1 Å². The standard InChI is InChI=1S/C15H16N4O3/c1-9-8-10(2)17-14(16-9)19-15(21)18-12-7-5-4-6-11(12)13(20)22-3/h4-8H,1-3H3,(H2,16,17,18,19,21). The number of aromatic nitrogens is 2. The van der Waals surface area contributed by atoms with Crippen LogP contribution in [0, 0.1) is 13.8 Å². The van der Waals surface area contributed by atoms with E-state index in [1.54, 1.807) is 30.3 Å². The second-order valence-electron chi connectivity index (χ2n) is 4.59. The van der Waals surface area contributed by atoms with Gasteiger partial charge in [-0.1, -0.05) is 12.1 Å². The van der Waals surface area contributed by atoms with Gasteiger partial charge in [0.1, 0.15) is 0 Å². The van der Waals surface area contributed by atoms with Crippen LogP contribution in [0.25, 0.3) is 0 Å². The highest BCUT2D eigenvalue weighted by Gasteiger charge is 2.13. The van der Waals surface area contributed by atoms with Crippen molar-refractivity contribution in [3.8, 4) is 0 Å². The van der Waals surface area contributed by atoms with E-state index < -0.39 is 12.0 Å². The van der Waals surface area contributed by atoms with E-state index >= 15 is 0 Å². The maximum atomic E-state index is 12.0. The summed E-state index contributed by atoms with van der Waals surface area (Å²) >= 11 is 0. The van der Waals surface area contributed by atoms with Crippen LogP contribution >= 0.6 is 0 Å². The molecule has 0 bridgehead atoms. The Morgan fingerprint density at radius 3 is 2.32 bits per heavy atom. The molecule has 2 aromatic rings. The number of nitrogens with zero attached hydrogens (tertiary/aromatic N) is 2. The van der Waals surface area contributed by atoms with Crippen molar-refractivity contribution in [2.45, 2.75) is 13.8 Å². The molecule has 114 valence electrons. The molecule has 2 amide bonds. The van der Waals surface area contributed by atoms with Gasteiger partial charge in [0.25, 0.3) is 0 Å². The van der Waals surface area contributed by atoms with Gasteiger partial charge in [0.15, 0.2) is 0 Å². The fraction of sp³-hybridized carbons (Fsp3) is 0.200. The van der Waals surface area contributed by atoms with Gasteiger partial charge < -0.3 is 10.1 Å². The Morgan fingerprint density at radius 2 is 1.68 bits per heavy atom. The molecular weight excluding hydrogens is 284 g/mol. The van der Waals surface area contributed by atoms with Gasteiger partial charge >= 0.3 is 12.0 Å². The topological polar surface area (TPSA) is 93.2 Å². The summed E-state index contributed by atoms with van der Waals surface area (Å²) in [5.41, 5.74) is 2.10. The first-order valence-corrected chi connectivity index (χ1v) is 6.57. The quantitative estimate of drug-likeness (QED) is 0.850. The van der Waals surface area contributed by atoms with Gasteiger partial charge in [0, 0.05) is 11.4 Å². The SMILES string of the molecule is COC(=O)c1ccccc1NC(=O)Nc1nc(C)cc(C)n1. The van der Waals surface area contributed by atoms with Crippen molar-refractivity contribution < 1.29 is 14.3 Å². The Labute approximate surface area is 127 Å². The molecule has 1 heterocycles. The van der Waals surface area contributed by atoms with Crippen LogP contribution in [0.5, 0.6) is 0 Å². The molecule has 22 heavy (non-hydrogen) atoms. The second kappa shape index (κ2) is 6.66. The molecule has 7 heteroatoms. The minimum absolute atomic E-state index is 0.200. The number of para-hydroxylation sites is 1. The molecule has 0 aliphatic rings. The smallest absolute Gasteiger partial charge is 0.339 e. The number of aryl methyl sites for hydroxylation is 2. The number of methoxy groups -OCH3 is 1. The summed E-state index contributed by atoms with van der Waals surface area (Å²) in [6.45, 7) is 3.62. The molecule has 2 rings (SSSR count). The Kier molecular flexibility index (Phi) is 4.67. The van der Waals surface area contributed by atoms with Crippen molar-refractivity contribution in [2.75, 3.05) is 17.7 Å². The van der Waals surface area contributed by atoms with Gasteiger partial charge in [-0.2, -0.15) is 0 Å². The van der Waals surface area contributed by atoms with E-state index in [-0.39, 0.29) is 11.5 Å². The zero-order valence-electron chi connectivity index (χ0n) is 12.5. The van der Waals surface area contributed by atoms with Crippen LogP contribution in [0.15, 0.2) is 30.3 Å². The summed E-state index contributed by atoms with van der Waals surface area (Å²) in [5.74, 6) is -0.330. The number of hydrogen-bond donors (Lipinski definition) is 2. The van der Waals surface area contributed by atoms with Crippen molar-refractivity contribution >= 4 is 23.6 Å². The lowest BCUT2D eigenvalue weighted by Crippen LogP contribution is -2.22. The highest BCUT2D eigenvalue weighted by Crippen LogP contribution is 2.16. The normalized spacial score (nSPS) is 9.95. The number of carbonyl (C=O) groups excluding carboxylic acids is 2. The average Bonchev–Trinajstić information content (AvgIpc) is 2.45. The van der Waals surface area contributed by atoms with Gasteiger partial charge in [-0.3, -0.25) is 5.32 Å². The summed E-state index contributed by atoms with van der Waals surface area (Å²) in [4.78, 5) is 31.9. The molecule has 0 aliphatic heterocycles. The van der Waals surface area contributed by atoms with Crippen molar-refractivity contribution in [3.05, 3.63) is 47.3 Å². The first-order chi connectivity index (χ1) is 10.5. The van der Waals surface area contributed by atoms with Gasteiger partial charge in [-0.15, -0.1) is 0 Å². The molecule has 0 saturated heterocycles. The zero-order valence-corrected chi connectivity index (χ0v) is 12.5. The van der Waals surface area contributed by atoms with Crippen molar-refractivity contribution in [1.82, 2.24) is 9.97 Å². The fourth-order valence-electron chi connectivity index (χ4n) is 1.92. The van der Waals surface area contributed by atoms with Crippen molar-refractivity contribution in [3.63, 3.8) is 0 Å². The monoisotopic (exact) mass is 300 g/mol. The summed E-state index contributed by atoms with van der Waals surface area (Å²) in [5, 5.41) is 5.11. The number of benzene rings is 1. The van der Waals surface area contributed by atoms with Crippen LogP contribution in [0.3, 0.4) is 0 Å². The van der Waals surface area contributed by atoms with Crippen LogP contribution in [0.4, 0.5) is 16.4 Å². The van der Waals surface area contributed by atoms with Crippen molar-refractivity contribution in [2.24, 2.45) is 0 Å². The number of hydrogen-bond acceptors (Lipinski definition) is 5. The van der Waals surface area contributed by atoms with Gasteiger partial charge in [-0.05, 0) is 32.0 Å². The van der Waals surface area contributed by atoms with Crippen LogP contribution in [0.1, 0.15) is 21.7 Å². The molecule has 0 spiro atoms. The molecule has 0 radical (unpaired) electrons. The first kappa shape index (κ1) is 15.4. The Bertz CT molecular complexity index is 695. The lowest BCUT2D eigenvalue weighted by atomic mass is 10.2. The number of nitrogens with one attached hydrogen (secondary N) is 2. The maximum Gasteiger partial charge on any atom is 0.339 e. The molecule has 0 unspecified atom stereocenters. The number of anilines is 2. The highest BCUT2D eigenvalue weighted by molar-refractivity contribution is 6.04. The number of ether oxygens (including phenoxy) is 1. The maximum absolute atomic E-state index is 12.0. The third-order valence-corrected chi connectivity index (χ3v) is 2.79. The predicted octanol–water partition coefficient (Wildman–Crippen LogP) is 2.52. The number of amides is 2. The lowest BCUT2D eigenvalue weighted by Gasteiger charge is -2.10. The van der Waals surface area contributed by atoms with E-state index in [2.05, 4.69) is 25.3 Å². The zero-order chi connectivity index (χ0) is 16.1. The number of esters is 1. The Morgan fingerprint density at radius 1 is 1.05 bits per heavy atom. The summed E-state index contributed by atoms with van der Waals surface area (Å²) in [7, 11) is 1.28. The van der Waals surface area contributed by atoms with Crippen LogP contribution in [-0.2, 0) is 4.74 Å². The third-order valence-electron chi connectivity index (χ3n) is 2.79. The molecule has 7 nitrogen and oxygen atoms in total. The summed E-state index contributed by atoms with van der Waals surface area (Å²) in [6.07, 6.45) is 0. The number of urea groups is 1. The molecule has 2 N–H and O–H groups in total. The van der Waals surface area contributed by atoms with Gasteiger partial charge in [0.2, 0.25) is 5.95 Å². The van der Waals surface area contributed by atoms with E-state index in [1.807, 2.05) is 13.8 Å². The van der Waals surface area contributed by atoms with Crippen molar-refractivity contribution in [1.29, 1.82) is 0 Å². The molecule has 0 saturated carbocycles. The highest BCUT2D eigenvalue weighted by atomic mass is 16.5. The average molecular weight is 300 g/mol. The van der Waals surface area contributed by atoms with Gasteiger partial charge in [0.05, 0.1) is 18.4 Å². The molecule has 0 aliphatic carbocycles. The Hall–Kier alpha value is -2.96. The van der Waals surface area contributed by atoms with Crippen LogP contribution < -0.4 is 10.6 Å². The summed E-state index contributed by atoms with van der Waals surface area (Å²) in [6, 6.07) is 7.82. The molecular formula is C15H16N4O3. The molecule has 0 fully saturated rings. The van der Waals surface area contributed by atoms with E-state index in [0.29, 0.717) is 5.69 Å². The molecule has 1 aromatic carbocycles. The fourth-order valence-corrected chi connectivity index (χ4v) is 1.92. The Balaban J connectivity index is 2.14. The largest absolute Gasteiger partial charge is 0.465 e. The van der Waals surface area contributed by atoms with E-state index in [0.717, 1.165) is 11.4 Å². The molecule has 0 atom stereocenters. The van der Waals surface area contributed by atoms with E-state index in [9.17, 15) is 9.59 Å². The van der Waals surface area contributed by atoms with E-state index in [1.165, 1.54) is 7.11 Å². The van der Waals surface area contributed by atoms with Crippen LogP contribution in [0.2, 0.25) is 0 Å². The predicted molar refractivity (Wildman–Crippen MR) is 81.9 cm³/mol.